The molecule has 1 aliphatic heterocycles. The van der Waals surface area contributed by atoms with Crippen molar-refractivity contribution in [2.75, 3.05) is 19.6 Å². The summed E-state index contributed by atoms with van der Waals surface area (Å²) >= 11 is 0. The van der Waals surface area contributed by atoms with Crippen molar-refractivity contribution >= 4 is 0 Å². The Kier molecular flexibility index (Phi) is 4.40. The molecule has 1 fully saturated rings. The summed E-state index contributed by atoms with van der Waals surface area (Å²) in [7, 11) is 0. The Balaban J connectivity index is 2.55. The standard InChI is InChI=1S/C10H19F3N2/c1-3-8-6-15(7-10(11,12)13)9(4-2)5-14-8/h8-9,14H,3-7H2,1-2H3. The highest BCUT2D eigenvalue weighted by Crippen LogP contribution is 2.21. The van der Waals surface area contributed by atoms with Gasteiger partial charge in [-0.2, -0.15) is 13.2 Å². The van der Waals surface area contributed by atoms with Gasteiger partial charge in [0, 0.05) is 25.2 Å². The fraction of sp³-hybridized carbons (Fsp3) is 1.00. The van der Waals surface area contributed by atoms with Crippen LogP contribution < -0.4 is 5.32 Å². The molecule has 0 amide bonds. The first-order valence-corrected chi connectivity index (χ1v) is 5.50. The molecule has 1 rings (SSSR count). The molecule has 0 saturated carbocycles. The second-order valence-electron chi connectivity index (χ2n) is 4.12. The highest BCUT2D eigenvalue weighted by Gasteiger charge is 2.36. The van der Waals surface area contributed by atoms with Gasteiger partial charge in [0.25, 0.3) is 0 Å². The lowest BCUT2D eigenvalue weighted by molar-refractivity contribution is -0.154. The Morgan fingerprint density at radius 2 is 1.93 bits per heavy atom. The van der Waals surface area contributed by atoms with Crippen LogP contribution in [0.5, 0.6) is 0 Å². The molecule has 15 heavy (non-hydrogen) atoms. The molecule has 0 aromatic rings. The monoisotopic (exact) mass is 224 g/mol. The van der Waals surface area contributed by atoms with Crippen molar-refractivity contribution in [1.82, 2.24) is 10.2 Å². The quantitative estimate of drug-likeness (QED) is 0.789. The van der Waals surface area contributed by atoms with Crippen LogP contribution in [-0.4, -0.2) is 42.8 Å². The number of rotatable bonds is 3. The SMILES string of the molecule is CCC1CN(CC(F)(F)F)C(CC)CN1. The van der Waals surface area contributed by atoms with Crippen molar-refractivity contribution in [3.8, 4) is 0 Å². The lowest BCUT2D eigenvalue weighted by Crippen LogP contribution is -2.57. The maximum absolute atomic E-state index is 12.3. The molecular weight excluding hydrogens is 205 g/mol. The molecule has 1 heterocycles. The maximum Gasteiger partial charge on any atom is 0.401 e. The normalized spacial score (nSPS) is 29.4. The number of hydrogen-bond donors (Lipinski definition) is 1. The van der Waals surface area contributed by atoms with Crippen molar-refractivity contribution in [3.05, 3.63) is 0 Å². The Morgan fingerprint density at radius 1 is 1.27 bits per heavy atom. The Morgan fingerprint density at radius 3 is 2.40 bits per heavy atom. The number of piperazine rings is 1. The van der Waals surface area contributed by atoms with Gasteiger partial charge in [-0.25, -0.2) is 0 Å². The summed E-state index contributed by atoms with van der Waals surface area (Å²) in [5, 5.41) is 3.28. The Labute approximate surface area is 88.8 Å². The first-order chi connectivity index (χ1) is 6.96. The fourth-order valence-corrected chi connectivity index (χ4v) is 2.03. The number of nitrogens with zero attached hydrogens (tertiary/aromatic N) is 1. The summed E-state index contributed by atoms with van der Waals surface area (Å²) in [6.45, 7) is 4.33. The molecule has 2 unspecified atom stereocenters. The molecule has 0 bridgehead atoms. The molecule has 90 valence electrons. The summed E-state index contributed by atoms with van der Waals surface area (Å²) in [5.74, 6) is 0. The summed E-state index contributed by atoms with van der Waals surface area (Å²) in [4.78, 5) is 1.56. The zero-order valence-corrected chi connectivity index (χ0v) is 9.27. The van der Waals surface area contributed by atoms with Gasteiger partial charge in [0.1, 0.15) is 0 Å². The topological polar surface area (TPSA) is 15.3 Å². The molecule has 1 N–H and O–H groups in total. The Hall–Kier alpha value is -0.290. The van der Waals surface area contributed by atoms with Crippen molar-refractivity contribution in [2.45, 2.75) is 44.9 Å². The summed E-state index contributed by atoms with van der Waals surface area (Å²) in [5.41, 5.74) is 0. The van der Waals surface area contributed by atoms with Crippen molar-refractivity contribution in [1.29, 1.82) is 0 Å². The van der Waals surface area contributed by atoms with E-state index < -0.39 is 12.7 Å². The molecule has 1 aliphatic rings. The second kappa shape index (κ2) is 5.16. The largest absolute Gasteiger partial charge is 0.401 e. The summed E-state index contributed by atoms with van der Waals surface area (Å²) in [6.07, 6.45) is -2.44. The van der Waals surface area contributed by atoms with Gasteiger partial charge in [-0.05, 0) is 12.8 Å². The molecule has 1 saturated heterocycles. The van der Waals surface area contributed by atoms with E-state index in [2.05, 4.69) is 5.32 Å². The number of nitrogens with one attached hydrogen (secondary N) is 1. The van der Waals surface area contributed by atoms with Crippen LogP contribution in [0.15, 0.2) is 0 Å². The smallest absolute Gasteiger partial charge is 0.311 e. The fourth-order valence-electron chi connectivity index (χ4n) is 2.03. The van der Waals surface area contributed by atoms with Crippen LogP contribution in [0, 0.1) is 0 Å². The maximum atomic E-state index is 12.3. The van der Waals surface area contributed by atoms with Crippen molar-refractivity contribution < 1.29 is 13.2 Å². The first-order valence-electron chi connectivity index (χ1n) is 5.50. The lowest BCUT2D eigenvalue weighted by Gasteiger charge is -2.40. The zero-order valence-electron chi connectivity index (χ0n) is 9.27. The van der Waals surface area contributed by atoms with Gasteiger partial charge in [0.2, 0.25) is 0 Å². The average Bonchev–Trinajstić information content (AvgIpc) is 2.15. The van der Waals surface area contributed by atoms with Crippen LogP contribution in [0.1, 0.15) is 26.7 Å². The van der Waals surface area contributed by atoms with Gasteiger partial charge in [0.05, 0.1) is 6.54 Å². The van der Waals surface area contributed by atoms with Crippen molar-refractivity contribution in [3.63, 3.8) is 0 Å². The van der Waals surface area contributed by atoms with Crippen LogP contribution in [0.4, 0.5) is 13.2 Å². The van der Waals surface area contributed by atoms with Gasteiger partial charge in [-0.3, -0.25) is 4.90 Å². The summed E-state index contributed by atoms with van der Waals surface area (Å²) in [6, 6.07) is 0.226. The van der Waals surface area contributed by atoms with Crippen LogP contribution >= 0.6 is 0 Å². The van der Waals surface area contributed by atoms with E-state index in [1.165, 1.54) is 0 Å². The van der Waals surface area contributed by atoms with E-state index in [1.807, 2.05) is 13.8 Å². The Bertz CT molecular complexity index is 194. The van der Waals surface area contributed by atoms with Crippen LogP contribution in [0.2, 0.25) is 0 Å². The van der Waals surface area contributed by atoms with Crippen molar-refractivity contribution in [2.24, 2.45) is 0 Å². The minimum atomic E-state index is -4.08. The molecule has 2 nitrogen and oxygen atoms in total. The average molecular weight is 224 g/mol. The molecule has 0 radical (unpaired) electrons. The predicted molar refractivity (Wildman–Crippen MR) is 53.8 cm³/mol. The molecular formula is C10H19F3N2. The highest BCUT2D eigenvalue weighted by atomic mass is 19.4. The molecule has 0 aromatic heterocycles. The van der Waals surface area contributed by atoms with E-state index in [9.17, 15) is 13.2 Å². The molecule has 2 atom stereocenters. The third kappa shape index (κ3) is 3.99. The van der Waals surface area contributed by atoms with Gasteiger partial charge < -0.3 is 5.32 Å². The van der Waals surface area contributed by atoms with E-state index in [4.69, 9.17) is 0 Å². The van der Waals surface area contributed by atoms with E-state index in [-0.39, 0.29) is 12.1 Å². The van der Waals surface area contributed by atoms with E-state index in [0.717, 1.165) is 12.8 Å². The van der Waals surface area contributed by atoms with Crippen LogP contribution in [0.25, 0.3) is 0 Å². The van der Waals surface area contributed by atoms with E-state index in [0.29, 0.717) is 13.1 Å². The van der Waals surface area contributed by atoms with Gasteiger partial charge in [-0.15, -0.1) is 0 Å². The number of hydrogen-bond acceptors (Lipinski definition) is 2. The molecule has 5 heteroatoms. The number of halogens is 3. The minimum absolute atomic E-state index is 0.0226. The predicted octanol–water partition coefficient (Wildman–Crippen LogP) is 2.01. The molecule has 0 spiro atoms. The molecule has 0 aliphatic carbocycles. The van der Waals surface area contributed by atoms with Crippen LogP contribution in [0.3, 0.4) is 0 Å². The minimum Gasteiger partial charge on any atom is -0.311 e. The third-order valence-corrected chi connectivity index (χ3v) is 2.96. The first kappa shape index (κ1) is 12.8. The van der Waals surface area contributed by atoms with Gasteiger partial charge in [-0.1, -0.05) is 13.8 Å². The van der Waals surface area contributed by atoms with Crippen LogP contribution in [-0.2, 0) is 0 Å². The van der Waals surface area contributed by atoms with Gasteiger partial charge in [0.15, 0.2) is 0 Å². The van der Waals surface area contributed by atoms with E-state index >= 15 is 0 Å². The van der Waals surface area contributed by atoms with E-state index in [1.54, 1.807) is 4.90 Å². The van der Waals surface area contributed by atoms with Gasteiger partial charge >= 0.3 is 6.18 Å². The highest BCUT2D eigenvalue weighted by molar-refractivity contribution is 4.85. The number of alkyl halides is 3. The zero-order chi connectivity index (χ0) is 11.5. The third-order valence-electron chi connectivity index (χ3n) is 2.96. The second-order valence-corrected chi connectivity index (χ2v) is 4.12. The molecule has 0 aromatic carbocycles. The lowest BCUT2D eigenvalue weighted by atomic mass is 10.1. The summed E-state index contributed by atoms with van der Waals surface area (Å²) < 4.78 is 37.0.